The van der Waals surface area contributed by atoms with Gasteiger partial charge >= 0.3 is 0 Å². The molecule has 96 valence electrons. The van der Waals surface area contributed by atoms with E-state index in [4.69, 9.17) is 4.74 Å². The summed E-state index contributed by atoms with van der Waals surface area (Å²) in [5, 5.41) is 0. The van der Waals surface area contributed by atoms with Gasteiger partial charge in [0.2, 0.25) is 0 Å². The molecule has 5 nitrogen and oxygen atoms in total. The zero-order valence-corrected chi connectivity index (χ0v) is 10.7. The Balaban J connectivity index is 2.00. The minimum atomic E-state index is -3.73. The molecular formula is C12H13NO4S. The number of ether oxygens (including phenoxy) is 1. The average Bonchev–Trinajstić information content (AvgIpc) is 2.89. The lowest BCUT2D eigenvalue weighted by molar-refractivity contribution is -0.137. The van der Waals surface area contributed by atoms with Gasteiger partial charge in [-0.05, 0) is 19.1 Å². The van der Waals surface area contributed by atoms with Gasteiger partial charge in [-0.1, -0.05) is 17.7 Å². The van der Waals surface area contributed by atoms with Crippen molar-refractivity contribution in [2.24, 2.45) is 0 Å². The zero-order valence-electron chi connectivity index (χ0n) is 9.87. The van der Waals surface area contributed by atoms with E-state index in [1.807, 2.05) is 6.92 Å². The lowest BCUT2D eigenvalue weighted by Gasteiger charge is -2.26. The third-order valence-electron chi connectivity index (χ3n) is 3.38. The van der Waals surface area contributed by atoms with Crippen molar-refractivity contribution in [3.8, 4) is 0 Å². The first kappa shape index (κ1) is 11.7. The van der Waals surface area contributed by atoms with Gasteiger partial charge in [0.15, 0.2) is 0 Å². The summed E-state index contributed by atoms with van der Waals surface area (Å²) in [4.78, 5) is 12.0. The van der Waals surface area contributed by atoms with Gasteiger partial charge < -0.3 is 4.74 Å². The van der Waals surface area contributed by atoms with Gasteiger partial charge in [0.25, 0.3) is 15.9 Å². The minimum absolute atomic E-state index is 0.161. The fourth-order valence-electron chi connectivity index (χ4n) is 2.41. The predicted octanol–water partition coefficient (Wildman–Crippen LogP) is 0.683. The molecule has 2 aliphatic heterocycles. The Kier molecular flexibility index (Phi) is 2.46. The maximum absolute atomic E-state index is 12.4. The van der Waals surface area contributed by atoms with Crippen molar-refractivity contribution in [1.82, 2.24) is 4.31 Å². The summed E-state index contributed by atoms with van der Waals surface area (Å²) in [6.45, 7) is 2.19. The maximum atomic E-state index is 12.4. The highest BCUT2D eigenvalue weighted by molar-refractivity contribution is 7.89. The first-order chi connectivity index (χ1) is 8.50. The van der Waals surface area contributed by atoms with E-state index < -0.39 is 22.0 Å². The van der Waals surface area contributed by atoms with E-state index in [2.05, 4.69) is 0 Å². The first-order valence-corrected chi connectivity index (χ1v) is 7.21. The van der Waals surface area contributed by atoms with Gasteiger partial charge in [0.05, 0.1) is 17.5 Å². The second kappa shape index (κ2) is 3.80. The number of sulfonamides is 1. The minimum Gasteiger partial charge on any atom is -0.366 e. The largest absolute Gasteiger partial charge is 0.366 e. The molecule has 0 spiro atoms. The molecule has 18 heavy (non-hydrogen) atoms. The monoisotopic (exact) mass is 267 g/mol. The number of carbonyl (C=O) groups excluding carboxylic acids is 1. The van der Waals surface area contributed by atoms with E-state index in [0.29, 0.717) is 13.0 Å². The van der Waals surface area contributed by atoms with Crippen LogP contribution in [0.4, 0.5) is 0 Å². The molecule has 2 bridgehead atoms. The number of aryl methyl sites for hydroxylation is 1. The van der Waals surface area contributed by atoms with Crippen molar-refractivity contribution in [2.75, 3.05) is 6.61 Å². The summed E-state index contributed by atoms with van der Waals surface area (Å²) in [6, 6.07) is 6.17. The van der Waals surface area contributed by atoms with Gasteiger partial charge in [-0.15, -0.1) is 0 Å². The van der Waals surface area contributed by atoms with Gasteiger partial charge in [0.1, 0.15) is 6.10 Å². The molecule has 2 atom stereocenters. The third kappa shape index (κ3) is 1.56. The molecule has 3 rings (SSSR count). The lowest BCUT2D eigenvalue weighted by atomic mass is 10.2. The Morgan fingerprint density at radius 2 is 1.94 bits per heavy atom. The third-order valence-corrected chi connectivity index (χ3v) is 5.24. The van der Waals surface area contributed by atoms with Crippen LogP contribution in [0.3, 0.4) is 0 Å². The number of fused-ring (bicyclic) bond motifs is 2. The highest BCUT2D eigenvalue weighted by atomic mass is 32.2. The topological polar surface area (TPSA) is 63.7 Å². The Hall–Kier alpha value is -1.40. The Bertz CT molecular complexity index is 593. The predicted molar refractivity (Wildman–Crippen MR) is 63.4 cm³/mol. The van der Waals surface area contributed by atoms with Crippen LogP contribution < -0.4 is 0 Å². The van der Waals surface area contributed by atoms with Crippen LogP contribution in [-0.2, 0) is 19.6 Å². The van der Waals surface area contributed by atoms with Crippen molar-refractivity contribution in [3.05, 3.63) is 29.8 Å². The lowest BCUT2D eigenvalue weighted by Crippen LogP contribution is -2.45. The summed E-state index contributed by atoms with van der Waals surface area (Å²) in [5.41, 5.74) is 0.978. The van der Waals surface area contributed by atoms with Gasteiger partial charge in [-0.3, -0.25) is 4.79 Å². The molecule has 0 N–H and O–H groups in total. The molecular weight excluding hydrogens is 254 g/mol. The molecule has 1 amide bonds. The fourth-order valence-corrected chi connectivity index (χ4v) is 4.01. The number of nitrogens with zero attached hydrogens (tertiary/aromatic N) is 1. The first-order valence-electron chi connectivity index (χ1n) is 5.77. The summed E-state index contributed by atoms with van der Waals surface area (Å²) in [7, 11) is -3.73. The molecule has 0 aromatic heterocycles. The second-order valence-electron chi connectivity index (χ2n) is 4.66. The van der Waals surface area contributed by atoms with Crippen LogP contribution in [-0.4, -0.2) is 37.4 Å². The summed E-state index contributed by atoms with van der Waals surface area (Å²) in [6.07, 6.45) is -0.0978. The number of amides is 1. The molecule has 1 aromatic rings. The normalized spacial score (nSPS) is 26.9. The zero-order chi connectivity index (χ0) is 12.9. The molecule has 2 fully saturated rings. The van der Waals surface area contributed by atoms with Crippen LogP contribution in [0, 0.1) is 6.92 Å². The van der Waals surface area contributed by atoms with E-state index in [0.717, 1.165) is 9.87 Å². The maximum Gasteiger partial charge on any atom is 0.266 e. The van der Waals surface area contributed by atoms with Gasteiger partial charge in [0, 0.05) is 6.42 Å². The summed E-state index contributed by atoms with van der Waals surface area (Å²) < 4.78 is 31.0. The second-order valence-corrected chi connectivity index (χ2v) is 6.48. The van der Waals surface area contributed by atoms with Gasteiger partial charge in [-0.2, -0.15) is 0 Å². The van der Waals surface area contributed by atoms with E-state index in [1.165, 1.54) is 12.1 Å². The van der Waals surface area contributed by atoms with Gasteiger partial charge in [-0.25, -0.2) is 12.7 Å². The van der Waals surface area contributed by atoms with Crippen LogP contribution in [0.25, 0.3) is 0 Å². The van der Waals surface area contributed by atoms with E-state index in [9.17, 15) is 13.2 Å². The van der Waals surface area contributed by atoms with E-state index in [1.54, 1.807) is 12.1 Å². The smallest absolute Gasteiger partial charge is 0.266 e. The van der Waals surface area contributed by atoms with Crippen LogP contribution in [0.15, 0.2) is 29.2 Å². The standard InChI is InChI=1S/C12H13NO4S/c1-8-2-4-10(5-3-8)18(15,16)13-9-6-11(12(13)14)17-7-9/h2-5,9,11H,6-7H2,1H3. The molecule has 6 heteroatoms. The summed E-state index contributed by atoms with van der Waals surface area (Å²) >= 11 is 0. The molecule has 0 radical (unpaired) electrons. The van der Waals surface area contributed by atoms with Crippen molar-refractivity contribution < 1.29 is 17.9 Å². The van der Waals surface area contributed by atoms with Crippen LogP contribution in [0.5, 0.6) is 0 Å². The molecule has 2 heterocycles. The number of hydrogen-bond donors (Lipinski definition) is 0. The average molecular weight is 267 g/mol. The highest BCUT2D eigenvalue weighted by Gasteiger charge is 2.51. The molecule has 1 aromatic carbocycles. The number of hydrogen-bond acceptors (Lipinski definition) is 4. The molecule has 2 saturated heterocycles. The van der Waals surface area contributed by atoms with Crippen molar-refractivity contribution >= 4 is 15.9 Å². The van der Waals surface area contributed by atoms with Crippen LogP contribution in [0.1, 0.15) is 12.0 Å². The Morgan fingerprint density at radius 1 is 1.28 bits per heavy atom. The summed E-state index contributed by atoms with van der Waals surface area (Å²) in [5.74, 6) is -0.438. The number of morpholine rings is 1. The van der Waals surface area contributed by atoms with Crippen LogP contribution in [0.2, 0.25) is 0 Å². The van der Waals surface area contributed by atoms with Crippen LogP contribution >= 0.6 is 0 Å². The molecule has 0 aliphatic carbocycles. The SMILES string of the molecule is Cc1ccc(S(=O)(=O)N2C(=O)C3CC2CO3)cc1. The Labute approximate surface area is 105 Å². The molecule has 2 unspecified atom stereocenters. The van der Waals surface area contributed by atoms with Crippen molar-refractivity contribution in [2.45, 2.75) is 30.4 Å². The number of carbonyl (C=O) groups is 1. The highest BCUT2D eigenvalue weighted by Crippen LogP contribution is 2.33. The van der Waals surface area contributed by atoms with Crippen molar-refractivity contribution in [1.29, 1.82) is 0 Å². The number of rotatable bonds is 2. The molecule has 0 saturated carbocycles. The van der Waals surface area contributed by atoms with E-state index >= 15 is 0 Å². The number of benzene rings is 1. The quantitative estimate of drug-likeness (QED) is 0.790. The Morgan fingerprint density at radius 3 is 2.50 bits per heavy atom. The van der Waals surface area contributed by atoms with E-state index in [-0.39, 0.29) is 10.9 Å². The van der Waals surface area contributed by atoms with Crippen molar-refractivity contribution in [3.63, 3.8) is 0 Å². The fraction of sp³-hybridized carbons (Fsp3) is 0.417. The molecule has 2 aliphatic rings.